The molecule has 11 nitrogen and oxygen atoms in total. The second-order valence-electron chi connectivity index (χ2n) is 8.14. The normalized spacial score (nSPS) is 17.0. The van der Waals surface area contributed by atoms with Gasteiger partial charge in [0, 0.05) is 30.0 Å². The largest absolute Gasteiger partial charge is 0.409 e. The standard InChI is InChI=1S/C25H34N3O8P/c1-3-35-37(31,36-4-2)17-14-20(18-33-23-12-8-9-16-32-23)19-34-28-15-13-22(27-25(28)30)26-24(29)21-10-6-5-7-11-21/h5-7,10-11,13-15,17,20,23H,3-4,8-9,12,16,18-19H2,1-2H3,(H,26,27,29,30)/b17-14+/t20-,23+/m1/s1. The molecule has 0 aliphatic carbocycles. The Hall–Kier alpha value is -2.82. The lowest BCUT2D eigenvalue weighted by atomic mass is 10.2. The molecular weight excluding hydrogens is 501 g/mol. The summed E-state index contributed by atoms with van der Waals surface area (Å²) in [5, 5.41) is 2.59. The van der Waals surface area contributed by atoms with Crippen LogP contribution in [0.1, 0.15) is 43.5 Å². The van der Waals surface area contributed by atoms with Crippen molar-refractivity contribution in [2.24, 2.45) is 5.92 Å². The van der Waals surface area contributed by atoms with Crippen molar-refractivity contribution in [3.63, 3.8) is 0 Å². The molecule has 12 heteroatoms. The summed E-state index contributed by atoms with van der Waals surface area (Å²) in [5.41, 5.74) is -0.267. The lowest BCUT2D eigenvalue weighted by Gasteiger charge is -2.24. The zero-order chi connectivity index (χ0) is 26.5. The summed E-state index contributed by atoms with van der Waals surface area (Å²) in [4.78, 5) is 34.3. The number of anilines is 1. The number of rotatable bonds is 14. The first-order valence-electron chi connectivity index (χ1n) is 12.3. The van der Waals surface area contributed by atoms with E-state index in [-0.39, 0.29) is 44.4 Å². The molecule has 37 heavy (non-hydrogen) atoms. The first-order valence-corrected chi connectivity index (χ1v) is 13.9. The molecule has 0 unspecified atom stereocenters. The fourth-order valence-electron chi connectivity index (χ4n) is 3.46. The zero-order valence-electron chi connectivity index (χ0n) is 21.1. The third-order valence-corrected chi connectivity index (χ3v) is 7.04. The maximum absolute atomic E-state index is 12.8. The van der Waals surface area contributed by atoms with Gasteiger partial charge in [0.2, 0.25) is 0 Å². The van der Waals surface area contributed by atoms with Gasteiger partial charge in [-0.1, -0.05) is 24.3 Å². The Morgan fingerprint density at radius 3 is 2.59 bits per heavy atom. The van der Waals surface area contributed by atoms with Crippen LogP contribution >= 0.6 is 7.60 Å². The van der Waals surface area contributed by atoms with Crippen LogP contribution in [0.2, 0.25) is 0 Å². The third-order valence-electron chi connectivity index (χ3n) is 5.27. The van der Waals surface area contributed by atoms with E-state index in [1.54, 1.807) is 50.3 Å². The second kappa shape index (κ2) is 14.8. The van der Waals surface area contributed by atoms with E-state index in [9.17, 15) is 14.2 Å². The molecule has 2 atom stereocenters. The molecule has 1 fully saturated rings. The number of ether oxygens (including phenoxy) is 2. The van der Waals surface area contributed by atoms with Crippen LogP contribution in [0.5, 0.6) is 0 Å². The minimum absolute atomic E-state index is 0.0127. The van der Waals surface area contributed by atoms with Gasteiger partial charge in [-0.15, -0.1) is 4.73 Å². The molecule has 1 N–H and O–H groups in total. The molecule has 1 amide bonds. The Bertz CT molecular complexity index is 1110. The topological polar surface area (TPSA) is 127 Å². The van der Waals surface area contributed by atoms with Gasteiger partial charge in [-0.05, 0) is 45.2 Å². The van der Waals surface area contributed by atoms with Gasteiger partial charge in [0.05, 0.1) is 26.0 Å². The average Bonchev–Trinajstić information content (AvgIpc) is 2.90. The molecule has 2 heterocycles. The Morgan fingerprint density at radius 2 is 1.95 bits per heavy atom. The van der Waals surface area contributed by atoms with Crippen molar-refractivity contribution in [2.75, 3.05) is 38.4 Å². The van der Waals surface area contributed by atoms with Crippen molar-refractivity contribution in [2.45, 2.75) is 39.4 Å². The maximum Gasteiger partial charge on any atom is 0.382 e. The molecule has 1 aromatic heterocycles. The first kappa shape index (κ1) is 28.7. The molecule has 1 saturated heterocycles. The fraction of sp³-hybridized carbons (Fsp3) is 0.480. The van der Waals surface area contributed by atoms with Crippen LogP contribution in [0.15, 0.2) is 59.3 Å². The quantitative estimate of drug-likeness (QED) is 0.359. The Kier molecular flexibility index (Phi) is 11.5. The van der Waals surface area contributed by atoms with Crippen molar-refractivity contribution >= 4 is 19.3 Å². The molecule has 202 valence electrons. The Morgan fingerprint density at radius 1 is 1.19 bits per heavy atom. The number of nitrogens with one attached hydrogen (secondary N) is 1. The minimum Gasteiger partial charge on any atom is -0.409 e. The predicted molar refractivity (Wildman–Crippen MR) is 137 cm³/mol. The van der Waals surface area contributed by atoms with Gasteiger partial charge in [0.1, 0.15) is 12.4 Å². The van der Waals surface area contributed by atoms with E-state index in [0.717, 1.165) is 24.0 Å². The van der Waals surface area contributed by atoms with Gasteiger partial charge >= 0.3 is 13.3 Å². The van der Waals surface area contributed by atoms with E-state index in [2.05, 4.69) is 10.3 Å². The minimum atomic E-state index is -3.42. The molecule has 1 aromatic carbocycles. The van der Waals surface area contributed by atoms with E-state index in [1.807, 2.05) is 0 Å². The second-order valence-corrected chi connectivity index (χ2v) is 10.0. The van der Waals surface area contributed by atoms with Gasteiger partial charge in [-0.2, -0.15) is 4.98 Å². The van der Waals surface area contributed by atoms with Crippen molar-refractivity contribution in [3.05, 3.63) is 70.5 Å². The number of hydrogen-bond acceptors (Lipinski definition) is 9. The number of nitrogens with zero attached hydrogens (tertiary/aromatic N) is 2. The highest BCUT2D eigenvalue weighted by atomic mass is 31.2. The van der Waals surface area contributed by atoms with E-state index < -0.39 is 19.2 Å². The van der Waals surface area contributed by atoms with Crippen LogP contribution in [0.4, 0.5) is 5.82 Å². The summed E-state index contributed by atoms with van der Waals surface area (Å²) in [7, 11) is -3.42. The number of amides is 1. The van der Waals surface area contributed by atoms with Crippen LogP contribution < -0.4 is 15.8 Å². The van der Waals surface area contributed by atoms with Crippen LogP contribution in [0.3, 0.4) is 0 Å². The summed E-state index contributed by atoms with van der Waals surface area (Å²) in [6.45, 7) is 4.77. The number of aromatic nitrogens is 2. The highest BCUT2D eigenvalue weighted by molar-refractivity contribution is 7.57. The molecule has 3 rings (SSSR count). The van der Waals surface area contributed by atoms with E-state index in [0.29, 0.717) is 12.2 Å². The van der Waals surface area contributed by atoms with Gasteiger partial charge < -0.3 is 28.7 Å². The van der Waals surface area contributed by atoms with E-state index in [4.69, 9.17) is 23.4 Å². The molecule has 0 bridgehead atoms. The van der Waals surface area contributed by atoms with Gasteiger partial charge in [0.25, 0.3) is 5.91 Å². The number of benzene rings is 1. The van der Waals surface area contributed by atoms with Gasteiger partial charge in [0.15, 0.2) is 6.29 Å². The van der Waals surface area contributed by atoms with Crippen LogP contribution in [0.25, 0.3) is 0 Å². The van der Waals surface area contributed by atoms with Crippen molar-refractivity contribution in [3.8, 4) is 0 Å². The van der Waals surface area contributed by atoms with Gasteiger partial charge in [-0.3, -0.25) is 9.36 Å². The molecule has 0 spiro atoms. The van der Waals surface area contributed by atoms with Crippen molar-refractivity contribution < 1.29 is 32.7 Å². The Balaban J connectivity index is 1.65. The molecular formula is C25H34N3O8P. The van der Waals surface area contributed by atoms with E-state index in [1.165, 1.54) is 18.1 Å². The summed E-state index contributed by atoms with van der Waals surface area (Å²) >= 11 is 0. The number of hydrogen-bond donors (Lipinski definition) is 1. The van der Waals surface area contributed by atoms with Crippen molar-refractivity contribution in [1.82, 2.24) is 9.71 Å². The summed E-state index contributed by atoms with van der Waals surface area (Å²) in [6.07, 6.45) is 5.48. The molecule has 1 aliphatic rings. The summed E-state index contributed by atoms with van der Waals surface area (Å²) in [6, 6.07) is 10.1. The maximum atomic E-state index is 12.8. The molecule has 2 aromatic rings. The highest BCUT2D eigenvalue weighted by Crippen LogP contribution is 2.49. The fourth-order valence-corrected chi connectivity index (χ4v) is 4.88. The molecule has 0 saturated carbocycles. The van der Waals surface area contributed by atoms with Crippen LogP contribution in [-0.2, 0) is 23.1 Å². The van der Waals surface area contributed by atoms with E-state index >= 15 is 0 Å². The molecule has 0 radical (unpaired) electrons. The predicted octanol–water partition coefficient (Wildman–Crippen LogP) is 3.86. The highest BCUT2D eigenvalue weighted by Gasteiger charge is 2.22. The molecule has 1 aliphatic heterocycles. The number of carbonyl (C=O) groups excluding carboxylic acids is 1. The average molecular weight is 536 g/mol. The lowest BCUT2D eigenvalue weighted by molar-refractivity contribution is -0.169. The van der Waals surface area contributed by atoms with Crippen molar-refractivity contribution in [1.29, 1.82) is 0 Å². The first-order chi connectivity index (χ1) is 17.9. The summed E-state index contributed by atoms with van der Waals surface area (Å²) in [5.74, 6) is 0.709. The monoisotopic (exact) mass is 535 g/mol. The zero-order valence-corrected chi connectivity index (χ0v) is 22.0. The SMILES string of the molecule is CCOP(=O)(/C=C/[C@H](CO[C@H]1CCCCO1)COn1ccc(NC(=O)c2ccccc2)nc1=O)OCC. The van der Waals surface area contributed by atoms with Crippen LogP contribution in [0, 0.1) is 5.92 Å². The smallest absolute Gasteiger partial charge is 0.382 e. The Labute approximate surface area is 216 Å². The summed E-state index contributed by atoms with van der Waals surface area (Å²) < 4.78 is 35.9. The lowest BCUT2D eigenvalue weighted by Crippen LogP contribution is -2.33. The van der Waals surface area contributed by atoms with Gasteiger partial charge in [-0.25, -0.2) is 4.79 Å². The van der Waals surface area contributed by atoms with Crippen LogP contribution in [-0.4, -0.2) is 54.9 Å². The third kappa shape index (κ3) is 9.53. The number of carbonyl (C=O) groups is 1.